The highest BCUT2D eigenvalue weighted by atomic mass is 32.2. The first-order valence-corrected chi connectivity index (χ1v) is 10.6. The number of para-hydroxylation sites is 2. The maximum Gasteiger partial charge on any atom is 0.329 e. The Balaban J connectivity index is 1.94. The second-order valence-corrected chi connectivity index (χ2v) is 9.02. The number of hydrogen-bond acceptors (Lipinski definition) is 6. The molecule has 3 heterocycles. The van der Waals surface area contributed by atoms with Crippen molar-refractivity contribution in [3.05, 3.63) is 57.4 Å². The smallest absolute Gasteiger partial charge is 0.329 e. The zero-order valence-corrected chi connectivity index (χ0v) is 17.1. The molecule has 0 saturated carbocycles. The second-order valence-electron chi connectivity index (χ2n) is 7.21. The van der Waals surface area contributed by atoms with Gasteiger partial charge in [-0.15, -0.1) is 0 Å². The molecule has 1 aliphatic rings. The molecule has 1 aliphatic heterocycles. The number of pyridine rings is 1. The Hall–Kier alpha value is -3.14. The third-order valence-corrected chi connectivity index (χ3v) is 7.19. The molecule has 1 N–H and O–H groups in total. The number of anilines is 2. The molecule has 0 unspecified atom stereocenters. The fourth-order valence-electron chi connectivity index (χ4n) is 3.67. The van der Waals surface area contributed by atoms with Crippen molar-refractivity contribution in [1.82, 2.24) is 14.5 Å². The quantitative estimate of drug-likeness (QED) is 0.670. The number of H-pyrrole nitrogens is 1. The molecule has 152 valence electrons. The molecule has 0 radical (unpaired) electrons. The van der Waals surface area contributed by atoms with Gasteiger partial charge >= 0.3 is 5.69 Å². The van der Waals surface area contributed by atoms with E-state index < -0.39 is 21.3 Å². The van der Waals surface area contributed by atoms with Crippen LogP contribution in [0, 0.1) is 0 Å². The molecule has 0 saturated heterocycles. The predicted octanol–water partition coefficient (Wildman–Crippen LogP) is 1.05. The third kappa shape index (κ3) is 3.00. The lowest BCUT2D eigenvalue weighted by molar-refractivity contribution is 0.574. The standard InChI is InChI=1S/C19H21N5O4S/c1-12-8-9-22(2)15-6-4-5-7-16(15)24(12)29(27,28)13-10-14-17(20-11-13)23(3)19(26)21-18(14)25/h4-7,10-12H,8-9H2,1-3H3,(H,21,25,26)/t12-/m0/s1. The molecule has 0 bridgehead atoms. The predicted molar refractivity (Wildman–Crippen MR) is 111 cm³/mol. The second kappa shape index (κ2) is 6.73. The number of sulfonamides is 1. The molecule has 9 nitrogen and oxygen atoms in total. The summed E-state index contributed by atoms with van der Waals surface area (Å²) < 4.78 is 29.8. The van der Waals surface area contributed by atoms with Gasteiger partial charge in [-0.1, -0.05) is 12.1 Å². The summed E-state index contributed by atoms with van der Waals surface area (Å²) in [5.41, 5.74) is 0.242. The number of aryl methyl sites for hydroxylation is 1. The minimum absolute atomic E-state index is 0.0426. The largest absolute Gasteiger partial charge is 0.373 e. The van der Waals surface area contributed by atoms with E-state index in [2.05, 4.69) is 9.97 Å². The van der Waals surface area contributed by atoms with Crippen molar-refractivity contribution >= 4 is 32.4 Å². The highest BCUT2D eigenvalue weighted by Crippen LogP contribution is 2.37. The van der Waals surface area contributed by atoms with E-state index in [9.17, 15) is 18.0 Å². The number of nitrogens with zero attached hydrogens (tertiary/aromatic N) is 4. The Bertz CT molecular complexity index is 1330. The number of hydrogen-bond donors (Lipinski definition) is 1. The Labute approximate surface area is 167 Å². The van der Waals surface area contributed by atoms with E-state index in [-0.39, 0.29) is 22.0 Å². The summed E-state index contributed by atoms with van der Waals surface area (Å²) in [6.07, 6.45) is 1.83. The van der Waals surface area contributed by atoms with Crippen LogP contribution >= 0.6 is 0 Å². The minimum atomic E-state index is -4.00. The first-order valence-electron chi connectivity index (χ1n) is 9.15. The summed E-state index contributed by atoms with van der Waals surface area (Å²) in [6.45, 7) is 2.57. The molecule has 3 aromatic rings. The van der Waals surface area contributed by atoms with Gasteiger partial charge in [0.1, 0.15) is 10.5 Å². The molecule has 1 aromatic carbocycles. The first-order chi connectivity index (χ1) is 13.7. The van der Waals surface area contributed by atoms with E-state index in [1.165, 1.54) is 28.2 Å². The molecule has 10 heteroatoms. The van der Waals surface area contributed by atoms with Crippen LogP contribution in [0.4, 0.5) is 11.4 Å². The zero-order valence-electron chi connectivity index (χ0n) is 16.3. The van der Waals surface area contributed by atoms with Crippen LogP contribution in [0.15, 0.2) is 51.0 Å². The molecule has 2 aromatic heterocycles. The number of fused-ring (bicyclic) bond motifs is 2. The van der Waals surface area contributed by atoms with Gasteiger partial charge in [-0.05, 0) is 31.5 Å². The number of nitrogens with one attached hydrogen (secondary N) is 1. The molecule has 29 heavy (non-hydrogen) atoms. The van der Waals surface area contributed by atoms with E-state index in [4.69, 9.17) is 0 Å². The number of rotatable bonds is 2. The van der Waals surface area contributed by atoms with Crippen molar-refractivity contribution in [2.24, 2.45) is 7.05 Å². The van der Waals surface area contributed by atoms with Gasteiger partial charge in [0.15, 0.2) is 0 Å². The summed E-state index contributed by atoms with van der Waals surface area (Å²) in [6, 6.07) is 8.31. The summed E-state index contributed by atoms with van der Waals surface area (Å²) in [7, 11) is -0.606. The van der Waals surface area contributed by atoms with Crippen molar-refractivity contribution in [3.8, 4) is 0 Å². The molecule has 0 fully saturated rings. The first kappa shape index (κ1) is 19.2. The van der Waals surface area contributed by atoms with E-state index in [1.807, 2.05) is 31.0 Å². The highest BCUT2D eigenvalue weighted by molar-refractivity contribution is 7.92. The van der Waals surface area contributed by atoms with Crippen LogP contribution in [-0.4, -0.2) is 42.6 Å². The third-order valence-electron chi connectivity index (χ3n) is 5.30. The van der Waals surface area contributed by atoms with Crippen molar-refractivity contribution in [2.75, 3.05) is 22.8 Å². The van der Waals surface area contributed by atoms with Gasteiger partial charge in [-0.2, -0.15) is 0 Å². The van der Waals surface area contributed by atoms with E-state index in [0.29, 0.717) is 18.7 Å². The topological polar surface area (TPSA) is 108 Å². The lowest BCUT2D eigenvalue weighted by Gasteiger charge is -2.29. The maximum atomic E-state index is 13.6. The summed E-state index contributed by atoms with van der Waals surface area (Å²) >= 11 is 0. The molecule has 0 spiro atoms. The van der Waals surface area contributed by atoms with Crippen LogP contribution < -0.4 is 20.5 Å². The van der Waals surface area contributed by atoms with Crippen molar-refractivity contribution in [1.29, 1.82) is 0 Å². The monoisotopic (exact) mass is 415 g/mol. The minimum Gasteiger partial charge on any atom is -0.373 e. The fraction of sp³-hybridized carbons (Fsp3) is 0.316. The molecular weight excluding hydrogens is 394 g/mol. The van der Waals surface area contributed by atoms with Crippen LogP contribution in [0.3, 0.4) is 0 Å². The average molecular weight is 415 g/mol. The van der Waals surface area contributed by atoms with E-state index >= 15 is 0 Å². The van der Waals surface area contributed by atoms with Gasteiger partial charge in [0.25, 0.3) is 15.6 Å². The molecule has 1 atom stereocenters. The highest BCUT2D eigenvalue weighted by Gasteiger charge is 2.34. The Kier molecular flexibility index (Phi) is 4.45. The SMILES string of the molecule is C[C@H]1CCN(C)c2ccccc2N1S(=O)(=O)c1cnc2c(c1)c(=O)[nH]c(=O)n2C. The number of aromatic nitrogens is 3. The molecule has 0 amide bonds. The summed E-state index contributed by atoms with van der Waals surface area (Å²) in [5, 5.41) is 0.0426. The van der Waals surface area contributed by atoms with Gasteiger partial charge in [0.05, 0.1) is 16.8 Å². The van der Waals surface area contributed by atoms with Crippen LogP contribution in [0.1, 0.15) is 13.3 Å². The van der Waals surface area contributed by atoms with Gasteiger partial charge in [-0.3, -0.25) is 18.7 Å². The van der Waals surface area contributed by atoms with Crippen molar-refractivity contribution in [3.63, 3.8) is 0 Å². The number of benzene rings is 1. The number of aromatic amines is 1. The van der Waals surface area contributed by atoms with Gasteiger partial charge < -0.3 is 4.90 Å². The average Bonchev–Trinajstić information content (AvgIpc) is 2.82. The van der Waals surface area contributed by atoms with Crippen LogP contribution in [-0.2, 0) is 17.1 Å². The lowest BCUT2D eigenvalue weighted by atomic mass is 10.2. The summed E-state index contributed by atoms with van der Waals surface area (Å²) in [4.78, 5) is 32.2. The summed E-state index contributed by atoms with van der Waals surface area (Å²) in [5.74, 6) is 0. The van der Waals surface area contributed by atoms with Crippen LogP contribution in [0.5, 0.6) is 0 Å². The Morgan fingerprint density at radius 3 is 2.55 bits per heavy atom. The Morgan fingerprint density at radius 2 is 1.83 bits per heavy atom. The van der Waals surface area contributed by atoms with Gasteiger partial charge in [0, 0.05) is 32.9 Å². The molecule has 0 aliphatic carbocycles. The lowest BCUT2D eigenvalue weighted by Crippen LogP contribution is -2.38. The van der Waals surface area contributed by atoms with Gasteiger partial charge in [0.2, 0.25) is 0 Å². The molecular formula is C19H21N5O4S. The molecule has 4 rings (SSSR count). The van der Waals surface area contributed by atoms with Crippen LogP contribution in [0.2, 0.25) is 0 Å². The zero-order chi connectivity index (χ0) is 20.9. The van der Waals surface area contributed by atoms with E-state index in [1.54, 1.807) is 12.1 Å². The Morgan fingerprint density at radius 1 is 1.14 bits per heavy atom. The van der Waals surface area contributed by atoms with E-state index in [0.717, 1.165) is 5.69 Å². The van der Waals surface area contributed by atoms with Crippen molar-refractivity contribution < 1.29 is 8.42 Å². The van der Waals surface area contributed by atoms with Crippen LogP contribution in [0.25, 0.3) is 11.0 Å². The van der Waals surface area contributed by atoms with Gasteiger partial charge in [-0.25, -0.2) is 18.2 Å². The fourth-order valence-corrected chi connectivity index (χ4v) is 5.34. The normalized spacial score (nSPS) is 17.3. The maximum absolute atomic E-state index is 13.6. The van der Waals surface area contributed by atoms with Crippen molar-refractivity contribution in [2.45, 2.75) is 24.3 Å².